The zero-order valence-corrected chi connectivity index (χ0v) is 10.3. The Morgan fingerprint density at radius 1 is 1.23 bits per heavy atom. The Kier molecular flexibility index (Phi) is 16.1. The predicted octanol–water partition coefficient (Wildman–Crippen LogP) is 0.504. The maximum absolute atomic E-state index is 5.66. The van der Waals surface area contributed by atoms with Crippen LogP contribution in [0.1, 0.15) is 6.92 Å². The molecule has 1 rings (SSSR count). The molecule has 0 amide bonds. The molecule has 0 radical (unpaired) electrons. The molecule has 3 nitrogen and oxygen atoms in total. The third-order valence-electron chi connectivity index (χ3n) is 1.76. The number of rotatable bonds is 2. The maximum atomic E-state index is 5.66. The van der Waals surface area contributed by atoms with Crippen molar-refractivity contribution < 1.29 is 0 Å². The summed E-state index contributed by atoms with van der Waals surface area (Å²) in [6.07, 6.45) is 0. The molecule has 1 unspecified atom stereocenters. The lowest BCUT2D eigenvalue weighted by Crippen LogP contribution is -2.47. The van der Waals surface area contributed by atoms with Gasteiger partial charge in [-0.05, 0) is 6.92 Å². The number of piperazine rings is 1. The van der Waals surface area contributed by atoms with E-state index in [4.69, 9.17) is 5.73 Å². The van der Waals surface area contributed by atoms with E-state index in [2.05, 4.69) is 17.1 Å². The van der Waals surface area contributed by atoms with Crippen molar-refractivity contribution in [3.05, 3.63) is 0 Å². The van der Waals surface area contributed by atoms with E-state index in [1.165, 1.54) is 0 Å². The predicted molar refractivity (Wildman–Crippen MR) is 64.7 cm³/mol. The highest BCUT2D eigenvalue weighted by Crippen LogP contribution is 1.92. The van der Waals surface area contributed by atoms with Crippen molar-refractivity contribution in [1.82, 2.24) is 10.2 Å². The van der Waals surface area contributed by atoms with Gasteiger partial charge in [0.15, 0.2) is 0 Å². The van der Waals surface area contributed by atoms with Gasteiger partial charge in [-0.25, -0.2) is 0 Å². The molecule has 84 valence electrons. The Bertz CT molecular complexity index is 97.0. The molecule has 0 aromatic rings. The minimum Gasteiger partial charge on any atom is -0.327 e. The van der Waals surface area contributed by atoms with E-state index in [1.807, 2.05) is 0 Å². The summed E-state index contributed by atoms with van der Waals surface area (Å²) in [6.45, 7) is 7.65. The van der Waals surface area contributed by atoms with E-state index in [0.29, 0.717) is 6.04 Å². The summed E-state index contributed by atoms with van der Waals surface area (Å²) < 4.78 is 0. The van der Waals surface area contributed by atoms with Crippen LogP contribution in [0.3, 0.4) is 0 Å². The molecule has 1 fully saturated rings. The third-order valence-corrected chi connectivity index (χ3v) is 1.76. The minimum absolute atomic E-state index is 0. The molecule has 3 N–H and O–H groups in total. The zero-order chi connectivity index (χ0) is 7.40. The Morgan fingerprint density at radius 3 is 2.08 bits per heavy atom. The maximum Gasteiger partial charge on any atom is 0.0139 e. The molecule has 0 bridgehead atoms. The van der Waals surface area contributed by atoms with Gasteiger partial charge >= 0.3 is 0 Å². The first-order valence-electron chi connectivity index (χ1n) is 3.97. The normalized spacial score (nSPS) is 18.9. The molecule has 0 aromatic heterocycles. The lowest BCUT2D eigenvalue weighted by Gasteiger charge is -2.28. The van der Waals surface area contributed by atoms with Crippen LogP contribution in [0.4, 0.5) is 0 Å². The topological polar surface area (TPSA) is 41.3 Å². The van der Waals surface area contributed by atoms with Crippen LogP contribution >= 0.6 is 37.2 Å². The second-order valence-electron chi connectivity index (χ2n) is 3.03. The van der Waals surface area contributed by atoms with Crippen LogP contribution in [0.25, 0.3) is 0 Å². The molecule has 0 saturated carbocycles. The molecule has 1 heterocycles. The van der Waals surface area contributed by atoms with Gasteiger partial charge in [-0.3, -0.25) is 4.90 Å². The summed E-state index contributed by atoms with van der Waals surface area (Å²) >= 11 is 0. The van der Waals surface area contributed by atoms with Crippen molar-refractivity contribution in [2.24, 2.45) is 5.73 Å². The number of hydrogen-bond acceptors (Lipinski definition) is 3. The van der Waals surface area contributed by atoms with Crippen LogP contribution < -0.4 is 11.1 Å². The van der Waals surface area contributed by atoms with Crippen molar-refractivity contribution in [2.45, 2.75) is 13.0 Å². The van der Waals surface area contributed by atoms with Gasteiger partial charge in [0.1, 0.15) is 0 Å². The second kappa shape index (κ2) is 10.8. The first-order valence-corrected chi connectivity index (χ1v) is 3.97. The van der Waals surface area contributed by atoms with Gasteiger partial charge in [-0.15, -0.1) is 37.2 Å². The van der Waals surface area contributed by atoms with Crippen molar-refractivity contribution in [1.29, 1.82) is 0 Å². The van der Waals surface area contributed by atoms with E-state index in [0.717, 1.165) is 32.7 Å². The van der Waals surface area contributed by atoms with Gasteiger partial charge in [-0.1, -0.05) is 0 Å². The monoisotopic (exact) mass is 251 g/mol. The fourth-order valence-electron chi connectivity index (χ4n) is 1.30. The van der Waals surface area contributed by atoms with E-state index in [-0.39, 0.29) is 37.2 Å². The summed E-state index contributed by atoms with van der Waals surface area (Å²) in [5.74, 6) is 0. The molecule has 6 heteroatoms. The second-order valence-corrected chi connectivity index (χ2v) is 3.03. The molecule has 1 atom stereocenters. The summed E-state index contributed by atoms with van der Waals surface area (Å²) in [7, 11) is 0. The highest BCUT2D eigenvalue weighted by atomic mass is 35.5. The van der Waals surface area contributed by atoms with E-state index in [9.17, 15) is 0 Å². The first-order chi connectivity index (χ1) is 4.79. The van der Waals surface area contributed by atoms with Gasteiger partial charge < -0.3 is 11.1 Å². The number of halogens is 3. The van der Waals surface area contributed by atoms with Crippen molar-refractivity contribution in [3.63, 3.8) is 0 Å². The van der Waals surface area contributed by atoms with E-state index in [1.54, 1.807) is 0 Å². The largest absolute Gasteiger partial charge is 0.327 e. The molecule has 13 heavy (non-hydrogen) atoms. The Morgan fingerprint density at radius 2 is 1.69 bits per heavy atom. The number of hydrogen-bond donors (Lipinski definition) is 2. The Balaban J connectivity index is -0.000000333. The number of nitrogens with two attached hydrogens (primary N) is 1. The molecule has 1 aliphatic heterocycles. The zero-order valence-electron chi connectivity index (χ0n) is 7.86. The molecular formula is C7H20Cl3N3. The molecule has 0 aromatic carbocycles. The number of nitrogens with one attached hydrogen (secondary N) is 1. The fourth-order valence-corrected chi connectivity index (χ4v) is 1.30. The highest BCUT2D eigenvalue weighted by Gasteiger charge is 2.09. The van der Waals surface area contributed by atoms with E-state index < -0.39 is 0 Å². The van der Waals surface area contributed by atoms with Crippen molar-refractivity contribution in [2.75, 3.05) is 32.7 Å². The third kappa shape index (κ3) is 9.06. The lowest BCUT2D eigenvalue weighted by molar-refractivity contribution is 0.231. The highest BCUT2D eigenvalue weighted by molar-refractivity contribution is 5.86. The van der Waals surface area contributed by atoms with Gasteiger partial charge in [0.25, 0.3) is 0 Å². The van der Waals surface area contributed by atoms with Crippen LogP contribution in [-0.2, 0) is 0 Å². The fraction of sp³-hybridized carbons (Fsp3) is 1.00. The minimum atomic E-state index is 0. The first kappa shape index (κ1) is 19.3. The quantitative estimate of drug-likeness (QED) is 0.752. The van der Waals surface area contributed by atoms with Gasteiger partial charge in [0, 0.05) is 38.8 Å². The summed E-state index contributed by atoms with van der Waals surface area (Å²) in [6, 6.07) is 0.318. The molecule has 0 aliphatic carbocycles. The average molecular weight is 253 g/mol. The van der Waals surface area contributed by atoms with Crippen LogP contribution in [0.2, 0.25) is 0 Å². The summed E-state index contributed by atoms with van der Waals surface area (Å²) in [4.78, 5) is 2.40. The van der Waals surface area contributed by atoms with Crippen molar-refractivity contribution in [3.8, 4) is 0 Å². The van der Waals surface area contributed by atoms with E-state index >= 15 is 0 Å². The number of nitrogens with zero attached hydrogens (tertiary/aromatic N) is 1. The SMILES string of the molecule is CC(N)CN1CCNCC1.Cl.Cl.Cl. The lowest BCUT2D eigenvalue weighted by atomic mass is 10.3. The van der Waals surface area contributed by atoms with Crippen molar-refractivity contribution >= 4 is 37.2 Å². The average Bonchev–Trinajstić information content (AvgIpc) is 1.88. The molecule has 1 saturated heterocycles. The van der Waals surface area contributed by atoms with Crippen LogP contribution in [0.15, 0.2) is 0 Å². The Labute approximate surface area is 99.0 Å². The molecule has 1 aliphatic rings. The van der Waals surface area contributed by atoms with Gasteiger partial charge in [-0.2, -0.15) is 0 Å². The summed E-state index contributed by atoms with van der Waals surface area (Å²) in [5.41, 5.74) is 5.66. The van der Waals surface area contributed by atoms with Crippen LogP contribution in [0, 0.1) is 0 Å². The Hall–Kier alpha value is 0.750. The summed E-state index contributed by atoms with van der Waals surface area (Å²) in [5, 5.41) is 3.31. The standard InChI is InChI=1S/C7H17N3.3ClH/c1-7(8)6-10-4-2-9-3-5-10;;;/h7,9H,2-6,8H2,1H3;3*1H. The van der Waals surface area contributed by atoms with Crippen LogP contribution in [-0.4, -0.2) is 43.7 Å². The van der Waals surface area contributed by atoms with Gasteiger partial charge in [0.05, 0.1) is 0 Å². The molecular weight excluding hydrogens is 232 g/mol. The smallest absolute Gasteiger partial charge is 0.0139 e. The van der Waals surface area contributed by atoms with Gasteiger partial charge in [0.2, 0.25) is 0 Å². The molecule has 0 spiro atoms. The van der Waals surface area contributed by atoms with Crippen LogP contribution in [0.5, 0.6) is 0 Å².